The van der Waals surface area contributed by atoms with Gasteiger partial charge in [0.1, 0.15) is 5.82 Å². The molecule has 3 heterocycles. The molecule has 0 radical (unpaired) electrons. The van der Waals surface area contributed by atoms with Crippen LogP contribution in [0, 0.1) is 0 Å². The molecule has 0 amide bonds. The predicted molar refractivity (Wildman–Crippen MR) is 75.4 cm³/mol. The number of rotatable bonds is 2. The molecule has 1 aromatic heterocycles. The summed E-state index contributed by atoms with van der Waals surface area (Å²) >= 11 is 0. The third-order valence-corrected chi connectivity index (χ3v) is 3.87. The van der Waals surface area contributed by atoms with Gasteiger partial charge in [0, 0.05) is 32.7 Å². The quantitative estimate of drug-likeness (QED) is 0.856. The van der Waals surface area contributed by atoms with Gasteiger partial charge in [-0.1, -0.05) is 0 Å². The Hall–Kier alpha value is -1.29. The van der Waals surface area contributed by atoms with E-state index in [0.717, 1.165) is 32.0 Å². The van der Waals surface area contributed by atoms with Gasteiger partial charge >= 0.3 is 0 Å². The molecule has 1 N–H and O–H groups in total. The first kappa shape index (κ1) is 11.8. The van der Waals surface area contributed by atoms with Crippen LogP contribution in [0.2, 0.25) is 0 Å². The molecule has 2 aliphatic rings. The van der Waals surface area contributed by atoms with Gasteiger partial charge in [-0.25, -0.2) is 4.98 Å². The maximum Gasteiger partial charge on any atom is 0.128 e. The Labute approximate surface area is 109 Å². The number of nitrogens with zero attached hydrogens (tertiary/aromatic N) is 3. The highest BCUT2D eigenvalue weighted by Gasteiger charge is 2.14. The molecule has 2 aliphatic heterocycles. The SMILES string of the molecule is c1cc(N2CCCC2)ncc1N1CCCNCC1. The highest BCUT2D eigenvalue weighted by Crippen LogP contribution is 2.21. The maximum atomic E-state index is 4.63. The lowest BCUT2D eigenvalue weighted by molar-refractivity contribution is 0.724. The van der Waals surface area contributed by atoms with Crippen molar-refractivity contribution >= 4 is 11.5 Å². The van der Waals surface area contributed by atoms with Crippen LogP contribution in [-0.2, 0) is 0 Å². The van der Waals surface area contributed by atoms with E-state index in [9.17, 15) is 0 Å². The summed E-state index contributed by atoms with van der Waals surface area (Å²) in [6.07, 6.45) is 5.87. The summed E-state index contributed by atoms with van der Waals surface area (Å²) in [6, 6.07) is 4.41. The second kappa shape index (κ2) is 5.57. The average molecular weight is 246 g/mol. The van der Waals surface area contributed by atoms with E-state index < -0.39 is 0 Å². The molecule has 98 valence electrons. The van der Waals surface area contributed by atoms with E-state index in [1.54, 1.807) is 0 Å². The summed E-state index contributed by atoms with van der Waals surface area (Å²) in [6.45, 7) is 6.77. The molecule has 0 aliphatic carbocycles. The van der Waals surface area contributed by atoms with Crippen molar-refractivity contribution in [2.24, 2.45) is 0 Å². The topological polar surface area (TPSA) is 31.4 Å². The molecule has 0 aromatic carbocycles. The second-order valence-corrected chi connectivity index (χ2v) is 5.16. The Kier molecular flexibility index (Phi) is 3.64. The van der Waals surface area contributed by atoms with Gasteiger partial charge in [0.15, 0.2) is 0 Å². The summed E-state index contributed by atoms with van der Waals surface area (Å²) in [7, 11) is 0. The highest BCUT2D eigenvalue weighted by atomic mass is 15.2. The van der Waals surface area contributed by atoms with Gasteiger partial charge in [-0.15, -0.1) is 0 Å². The minimum Gasteiger partial charge on any atom is -0.369 e. The number of hydrogen-bond donors (Lipinski definition) is 1. The van der Waals surface area contributed by atoms with Gasteiger partial charge < -0.3 is 15.1 Å². The van der Waals surface area contributed by atoms with Crippen LogP contribution < -0.4 is 15.1 Å². The van der Waals surface area contributed by atoms with E-state index in [2.05, 4.69) is 32.2 Å². The van der Waals surface area contributed by atoms with E-state index >= 15 is 0 Å². The Morgan fingerprint density at radius 3 is 2.50 bits per heavy atom. The molecule has 4 heteroatoms. The van der Waals surface area contributed by atoms with Gasteiger partial charge in [0.25, 0.3) is 0 Å². The molecule has 18 heavy (non-hydrogen) atoms. The van der Waals surface area contributed by atoms with Gasteiger partial charge in [-0.3, -0.25) is 0 Å². The van der Waals surface area contributed by atoms with Crippen LogP contribution in [0.15, 0.2) is 18.3 Å². The molecule has 0 bridgehead atoms. The van der Waals surface area contributed by atoms with Gasteiger partial charge in [0.2, 0.25) is 0 Å². The second-order valence-electron chi connectivity index (χ2n) is 5.16. The summed E-state index contributed by atoms with van der Waals surface area (Å²) in [4.78, 5) is 9.44. The van der Waals surface area contributed by atoms with Crippen molar-refractivity contribution in [1.82, 2.24) is 10.3 Å². The van der Waals surface area contributed by atoms with Crippen molar-refractivity contribution in [2.75, 3.05) is 49.1 Å². The fraction of sp³-hybridized carbons (Fsp3) is 0.643. The number of aromatic nitrogens is 1. The van der Waals surface area contributed by atoms with Crippen LogP contribution in [0.25, 0.3) is 0 Å². The number of hydrogen-bond acceptors (Lipinski definition) is 4. The minimum absolute atomic E-state index is 1.08. The first-order valence-electron chi connectivity index (χ1n) is 7.10. The number of anilines is 2. The number of pyridine rings is 1. The Morgan fingerprint density at radius 2 is 1.72 bits per heavy atom. The third-order valence-electron chi connectivity index (χ3n) is 3.87. The van der Waals surface area contributed by atoms with Crippen LogP contribution in [0.1, 0.15) is 19.3 Å². The lowest BCUT2D eigenvalue weighted by Crippen LogP contribution is -2.28. The molecule has 4 nitrogen and oxygen atoms in total. The zero-order valence-corrected chi connectivity index (χ0v) is 10.9. The first-order valence-corrected chi connectivity index (χ1v) is 7.10. The molecule has 3 rings (SSSR count). The Balaban J connectivity index is 1.69. The van der Waals surface area contributed by atoms with Crippen LogP contribution in [0.5, 0.6) is 0 Å². The van der Waals surface area contributed by atoms with Crippen LogP contribution >= 0.6 is 0 Å². The van der Waals surface area contributed by atoms with Crippen LogP contribution in [0.3, 0.4) is 0 Å². The molecule has 2 saturated heterocycles. The molecular formula is C14H22N4. The fourth-order valence-electron chi connectivity index (χ4n) is 2.80. The van der Waals surface area contributed by atoms with Gasteiger partial charge in [-0.05, 0) is 37.9 Å². The van der Waals surface area contributed by atoms with Crippen LogP contribution in [-0.4, -0.2) is 44.3 Å². The van der Waals surface area contributed by atoms with Gasteiger partial charge in [0.05, 0.1) is 11.9 Å². The monoisotopic (exact) mass is 246 g/mol. The summed E-state index contributed by atoms with van der Waals surface area (Å²) in [5, 5.41) is 3.43. The lowest BCUT2D eigenvalue weighted by Gasteiger charge is -2.23. The van der Waals surface area contributed by atoms with Crippen molar-refractivity contribution in [3.8, 4) is 0 Å². The normalized spacial score (nSPS) is 21.1. The molecule has 2 fully saturated rings. The standard InChI is InChI=1S/C14H22N4/c1-2-9-18(8-1)14-5-4-13(12-16-14)17-10-3-6-15-7-11-17/h4-5,12,15H,1-3,6-11H2. The van der Waals surface area contributed by atoms with Crippen molar-refractivity contribution in [2.45, 2.75) is 19.3 Å². The Bertz CT molecular complexity index is 362. The van der Waals surface area contributed by atoms with E-state index in [-0.39, 0.29) is 0 Å². The maximum absolute atomic E-state index is 4.63. The summed E-state index contributed by atoms with van der Waals surface area (Å²) in [5.41, 5.74) is 1.27. The molecule has 0 unspecified atom stereocenters. The van der Waals surface area contributed by atoms with E-state index in [1.807, 2.05) is 6.20 Å². The molecular weight excluding hydrogens is 224 g/mol. The minimum atomic E-state index is 1.08. The van der Waals surface area contributed by atoms with Crippen molar-refractivity contribution < 1.29 is 0 Å². The van der Waals surface area contributed by atoms with E-state index in [1.165, 1.54) is 38.0 Å². The fourth-order valence-corrected chi connectivity index (χ4v) is 2.80. The van der Waals surface area contributed by atoms with Gasteiger partial charge in [-0.2, -0.15) is 0 Å². The van der Waals surface area contributed by atoms with Crippen LogP contribution in [0.4, 0.5) is 11.5 Å². The molecule has 0 atom stereocenters. The molecule has 0 spiro atoms. The smallest absolute Gasteiger partial charge is 0.128 e. The first-order chi connectivity index (χ1) is 8.93. The summed E-state index contributed by atoms with van der Waals surface area (Å²) < 4.78 is 0. The van der Waals surface area contributed by atoms with E-state index in [0.29, 0.717) is 0 Å². The third kappa shape index (κ3) is 2.58. The molecule has 1 aromatic rings. The van der Waals surface area contributed by atoms with Crippen molar-refractivity contribution in [1.29, 1.82) is 0 Å². The lowest BCUT2D eigenvalue weighted by atomic mass is 10.3. The Morgan fingerprint density at radius 1 is 0.889 bits per heavy atom. The largest absolute Gasteiger partial charge is 0.369 e. The number of nitrogens with one attached hydrogen (secondary N) is 1. The predicted octanol–water partition coefficient (Wildman–Crippen LogP) is 1.48. The highest BCUT2D eigenvalue weighted by molar-refractivity contribution is 5.51. The zero-order chi connectivity index (χ0) is 12.2. The zero-order valence-electron chi connectivity index (χ0n) is 10.9. The average Bonchev–Trinajstić information content (AvgIpc) is 2.82. The molecule has 0 saturated carbocycles. The van der Waals surface area contributed by atoms with E-state index in [4.69, 9.17) is 0 Å². The van der Waals surface area contributed by atoms with Crippen molar-refractivity contribution in [3.63, 3.8) is 0 Å². The van der Waals surface area contributed by atoms with Crippen molar-refractivity contribution in [3.05, 3.63) is 18.3 Å². The summed E-state index contributed by atoms with van der Waals surface area (Å²) in [5.74, 6) is 1.14.